The van der Waals surface area contributed by atoms with Crippen LogP contribution in [0.4, 0.5) is 5.69 Å². The fourth-order valence-electron chi connectivity index (χ4n) is 2.20. The fourth-order valence-corrected chi connectivity index (χ4v) is 2.20. The maximum Gasteiger partial charge on any atom is 0.253 e. The van der Waals surface area contributed by atoms with Crippen LogP contribution in [0.5, 0.6) is 5.75 Å². The van der Waals surface area contributed by atoms with Gasteiger partial charge in [0.1, 0.15) is 5.75 Å². The Bertz CT molecular complexity index is 608. The van der Waals surface area contributed by atoms with Gasteiger partial charge in [-0.15, -0.1) is 0 Å². The molecule has 110 valence electrons. The van der Waals surface area contributed by atoms with Gasteiger partial charge in [0.15, 0.2) is 0 Å². The molecule has 0 aromatic heterocycles. The summed E-state index contributed by atoms with van der Waals surface area (Å²) in [5.74, 6) is 0.642. The molecule has 0 aliphatic carbocycles. The van der Waals surface area contributed by atoms with Gasteiger partial charge in [0.2, 0.25) is 0 Å². The van der Waals surface area contributed by atoms with E-state index in [-0.39, 0.29) is 11.9 Å². The number of carbonyl (C=O) groups excluding carboxylic acids is 1. The van der Waals surface area contributed by atoms with E-state index >= 15 is 0 Å². The van der Waals surface area contributed by atoms with Crippen molar-refractivity contribution in [3.05, 3.63) is 59.7 Å². The van der Waals surface area contributed by atoms with Gasteiger partial charge < -0.3 is 15.8 Å². The molecule has 2 aromatic carbocycles. The summed E-state index contributed by atoms with van der Waals surface area (Å²) in [5, 5.41) is 3.02. The van der Waals surface area contributed by atoms with E-state index < -0.39 is 0 Å². The van der Waals surface area contributed by atoms with Crippen molar-refractivity contribution >= 4 is 11.6 Å². The number of para-hydroxylation sites is 1. The molecular formula is C17H20N2O2. The minimum absolute atomic E-state index is 0.0528. The molecule has 0 fully saturated rings. The van der Waals surface area contributed by atoms with Crippen molar-refractivity contribution in [2.24, 2.45) is 0 Å². The van der Waals surface area contributed by atoms with E-state index in [1.54, 1.807) is 25.3 Å². The molecule has 4 nitrogen and oxygen atoms in total. The van der Waals surface area contributed by atoms with Crippen LogP contribution in [-0.2, 0) is 0 Å². The Morgan fingerprint density at radius 2 is 1.86 bits per heavy atom. The number of carbonyl (C=O) groups is 1. The second-order valence-electron chi connectivity index (χ2n) is 4.79. The number of amides is 1. The standard InChI is InChI=1S/C17H20N2O2/c1-3-16(12-8-10-13(21-2)11-9-12)19-17(20)14-6-4-5-7-15(14)18/h4-11,16H,3,18H2,1-2H3,(H,19,20). The molecule has 0 aliphatic heterocycles. The molecule has 1 atom stereocenters. The largest absolute Gasteiger partial charge is 0.497 e. The van der Waals surface area contributed by atoms with Crippen LogP contribution >= 0.6 is 0 Å². The maximum absolute atomic E-state index is 12.3. The average molecular weight is 284 g/mol. The predicted molar refractivity (Wildman–Crippen MR) is 84.3 cm³/mol. The number of nitrogens with one attached hydrogen (secondary N) is 1. The third-order valence-electron chi connectivity index (χ3n) is 3.44. The lowest BCUT2D eigenvalue weighted by atomic mass is 10.0. The predicted octanol–water partition coefficient (Wildman–Crippen LogP) is 3.16. The highest BCUT2D eigenvalue weighted by molar-refractivity contribution is 5.99. The summed E-state index contributed by atoms with van der Waals surface area (Å²) in [6, 6.07) is 14.7. The smallest absolute Gasteiger partial charge is 0.253 e. The quantitative estimate of drug-likeness (QED) is 0.829. The van der Waals surface area contributed by atoms with E-state index in [1.807, 2.05) is 37.3 Å². The van der Waals surface area contributed by atoms with Crippen molar-refractivity contribution in [1.29, 1.82) is 0 Å². The number of hydrogen-bond acceptors (Lipinski definition) is 3. The summed E-state index contributed by atoms with van der Waals surface area (Å²) in [7, 11) is 1.63. The monoisotopic (exact) mass is 284 g/mol. The lowest BCUT2D eigenvalue weighted by molar-refractivity contribution is 0.0936. The number of ether oxygens (including phenoxy) is 1. The number of nitrogens with two attached hydrogens (primary N) is 1. The van der Waals surface area contributed by atoms with Crippen LogP contribution in [0.3, 0.4) is 0 Å². The molecular weight excluding hydrogens is 264 g/mol. The Hall–Kier alpha value is -2.49. The lowest BCUT2D eigenvalue weighted by Gasteiger charge is -2.18. The molecule has 0 spiro atoms. The Kier molecular flexibility index (Phi) is 4.82. The van der Waals surface area contributed by atoms with E-state index in [0.717, 1.165) is 17.7 Å². The highest BCUT2D eigenvalue weighted by Gasteiger charge is 2.15. The number of nitrogen functional groups attached to an aromatic ring is 1. The van der Waals surface area contributed by atoms with Crippen molar-refractivity contribution in [3.63, 3.8) is 0 Å². The Balaban J connectivity index is 2.15. The molecule has 3 N–H and O–H groups in total. The number of hydrogen-bond donors (Lipinski definition) is 2. The summed E-state index contributed by atoms with van der Waals surface area (Å²) in [5.41, 5.74) is 7.87. The van der Waals surface area contributed by atoms with Crippen LogP contribution in [0.1, 0.15) is 35.3 Å². The molecule has 0 aliphatic rings. The van der Waals surface area contributed by atoms with Gasteiger partial charge in [0, 0.05) is 5.69 Å². The van der Waals surface area contributed by atoms with Gasteiger partial charge in [0.25, 0.3) is 5.91 Å². The van der Waals surface area contributed by atoms with Crippen molar-refractivity contribution in [2.45, 2.75) is 19.4 Å². The van der Waals surface area contributed by atoms with Crippen LogP contribution in [0.15, 0.2) is 48.5 Å². The van der Waals surface area contributed by atoms with E-state index in [4.69, 9.17) is 10.5 Å². The minimum atomic E-state index is -0.157. The van der Waals surface area contributed by atoms with Crippen LogP contribution < -0.4 is 15.8 Å². The molecule has 0 radical (unpaired) electrons. The number of benzene rings is 2. The SMILES string of the molecule is CCC(NC(=O)c1ccccc1N)c1ccc(OC)cc1. The third kappa shape index (κ3) is 3.54. The van der Waals surface area contributed by atoms with Crippen LogP contribution in [-0.4, -0.2) is 13.0 Å². The van der Waals surface area contributed by atoms with Crippen molar-refractivity contribution in [1.82, 2.24) is 5.32 Å². The van der Waals surface area contributed by atoms with Gasteiger partial charge in [-0.1, -0.05) is 31.2 Å². The summed E-state index contributed by atoms with van der Waals surface area (Å²) in [6.07, 6.45) is 0.796. The third-order valence-corrected chi connectivity index (χ3v) is 3.44. The highest BCUT2D eigenvalue weighted by Crippen LogP contribution is 2.21. The van der Waals surface area contributed by atoms with Gasteiger partial charge >= 0.3 is 0 Å². The summed E-state index contributed by atoms with van der Waals surface area (Å²) in [4.78, 5) is 12.3. The molecule has 0 bridgehead atoms. The van der Waals surface area contributed by atoms with Crippen molar-refractivity contribution in [2.75, 3.05) is 12.8 Å². The topological polar surface area (TPSA) is 64.4 Å². The zero-order valence-corrected chi connectivity index (χ0v) is 12.3. The first kappa shape index (κ1) is 14.9. The van der Waals surface area contributed by atoms with Gasteiger partial charge in [-0.05, 0) is 36.2 Å². The first-order valence-electron chi connectivity index (χ1n) is 6.95. The van der Waals surface area contributed by atoms with E-state index in [1.165, 1.54) is 0 Å². The molecule has 2 rings (SSSR count). The van der Waals surface area contributed by atoms with Crippen LogP contribution in [0.2, 0.25) is 0 Å². The number of rotatable bonds is 5. The summed E-state index contributed by atoms with van der Waals surface area (Å²) in [6.45, 7) is 2.03. The van der Waals surface area contributed by atoms with Gasteiger partial charge in [0.05, 0.1) is 18.7 Å². The molecule has 1 amide bonds. The van der Waals surface area contributed by atoms with Crippen LogP contribution in [0.25, 0.3) is 0 Å². The fraction of sp³-hybridized carbons (Fsp3) is 0.235. The zero-order valence-electron chi connectivity index (χ0n) is 12.3. The number of anilines is 1. The van der Waals surface area contributed by atoms with Gasteiger partial charge in [-0.25, -0.2) is 0 Å². The lowest BCUT2D eigenvalue weighted by Crippen LogP contribution is -2.28. The zero-order chi connectivity index (χ0) is 15.2. The second-order valence-corrected chi connectivity index (χ2v) is 4.79. The number of methoxy groups -OCH3 is 1. The molecule has 4 heteroatoms. The van der Waals surface area contributed by atoms with E-state index in [2.05, 4.69) is 5.32 Å². The van der Waals surface area contributed by atoms with Gasteiger partial charge in [-0.3, -0.25) is 4.79 Å². The first-order valence-corrected chi connectivity index (χ1v) is 6.95. The van der Waals surface area contributed by atoms with Crippen molar-refractivity contribution in [3.8, 4) is 5.75 Å². The normalized spacial score (nSPS) is 11.7. The molecule has 2 aromatic rings. The average Bonchev–Trinajstić information content (AvgIpc) is 2.53. The second kappa shape index (κ2) is 6.79. The van der Waals surface area contributed by atoms with E-state index in [9.17, 15) is 4.79 Å². The highest BCUT2D eigenvalue weighted by atomic mass is 16.5. The maximum atomic E-state index is 12.3. The summed E-state index contributed by atoms with van der Waals surface area (Å²) >= 11 is 0. The molecule has 0 heterocycles. The first-order chi connectivity index (χ1) is 10.2. The molecule has 21 heavy (non-hydrogen) atoms. The van der Waals surface area contributed by atoms with Gasteiger partial charge in [-0.2, -0.15) is 0 Å². The summed E-state index contributed by atoms with van der Waals surface area (Å²) < 4.78 is 5.14. The Morgan fingerprint density at radius 1 is 1.19 bits per heavy atom. The Morgan fingerprint density at radius 3 is 2.43 bits per heavy atom. The Labute approximate surface area is 124 Å². The van der Waals surface area contributed by atoms with E-state index in [0.29, 0.717) is 11.3 Å². The molecule has 0 saturated carbocycles. The van der Waals surface area contributed by atoms with Crippen LogP contribution in [0, 0.1) is 0 Å². The minimum Gasteiger partial charge on any atom is -0.497 e. The molecule has 1 unspecified atom stereocenters. The molecule has 0 saturated heterocycles. The van der Waals surface area contributed by atoms with Crippen molar-refractivity contribution < 1.29 is 9.53 Å².